The Morgan fingerprint density at radius 3 is 2.62 bits per heavy atom. The Labute approximate surface area is 80.1 Å². The van der Waals surface area contributed by atoms with Gasteiger partial charge in [0.05, 0.1) is 11.7 Å². The number of aldehydes is 1. The van der Waals surface area contributed by atoms with Gasteiger partial charge in [0.1, 0.15) is 6.29 Å². The van der Waals surface area contributed by atoms with Crippen molar-refractivity contribution in [3.8, 4) is 0 Å². The molecule has 0 radical (unpaired) electrons. The summed E-state index contributed by atoms with van der Waals surface area (Å²) in [7, 11) is 0. The molecule has 0 spiro atoms. The Balaban J connectivity index is 3.40. The Morgan fingerprint density at radius 2 is 2.15 bits per heavy atom. The summed E-state index contributed by atoms with van der Waals surface area (Å²) in [5.74, 6) is 0. The van der Waals surface area contributed by atoms with E-state index >= 15 is 0 Å². The van der Waals surface area contributed by atoms with Gasteiger partial charge in [0, 0.05) is 19.4 Å². The van der Waals surface area contributed by atoms with Crippen molar-refractivity contribution in [2.75, 3.05) is 6.61 Å². The standard InChI is InChI=1S/C10H20O3/c1-9(8-10(2,3)12)13-7-5-4-6-11/h6,9,12H,4-5,7-8H2,1-3H3. The minimum Gasteiger partial charge on any atom is -0.390 e. The quantitative estimate of drug-likeness (QED) is 0.487. The molecule has 0 bridgehead atoms. The monoisotopic (exact) mass is 188 g/mol. The topological polar surface area (TPSA) is 46.5 Å². The summed E-state index contributed by atoms with van der Waals surface area (Å²) < 4.78 is 5.40. The first-order valence-corrected chi connectivity index (χ1v) is 4.73. The molecule has 0 fully saturated rings. The predicted octanol–water partition coefficient (Wildman–Crippen LogP) is 1.53. The molecule has 0 aliphatic rings. The molecule has 13 heavy (non-hydrogen) atoms. The zero-order chi connectivity index (χ0) is 10.3. The van der Waals surface area contributed by atoms with Gasteiger partial charge in [-0.2, -0.15) is 0 Å². The van der Waals surface area contributed by atoms with Gasteiger partial charge in [0.2, 0.25) is 0 Å². The second kappa shape index (κ2) is 6.11. The molecular weight excluding hydrogens is 168 g/mol. The Bertz CT molecular complexity index is 138. The van der Waals surface area contributed by atoms with Crippen LogP contribution in [-0.2, 0) is 9.53 Å². The van der Waals surface area contributed by atoms with Crippen LogP contribution in [-0.4, -0.2) is 29.7 Å². The van der Waals surface area contributed by atoms with E-state index in [4.69, 9.17) is 4.74 Å². The van der Waals surface area contributed by atoms with Crippen LogP contribution in [0, 0.1) is 0 Å². The first kappa shape index (κ1) is 12.6. The molecule has 0 saturated carbocycles. The molecule has 0 aromatic rings. The van der Waals surface area contributed by atoms with Gasteiger partial charge in [-0.3, -0.25) is 0 Å². The number of hydrogen-bond acceptors (Lipinski definition) is 3. The van der Waals surface area contributed by atoms with Crippen molar-refractivity contribution in [1.82, 2.24) is 0 Å². The van der Waals surface area contributed by atoms with E-state index in [-0.39, 0.29) is 6.10 Å². The van der Waals surface area contributed by atoms with E-state index in [0.717, 1.165) is 12.7 Å². The number of carbonyl (C=O) groups excluding carboxylic acids is 1. The highest BCUT2D eigenvalue weighted by molar-refractivity contribution is 5.48. The maximum atomic E-state index is 9.98. The Morgan fingerprint density at radius 1 is 1.54 bits per heavy atom. The molecule has 78 valence electrons. The molecule has 0 rings (SSSR count). The fourth-order valence-electron chi connectivity index (χ4n) is 1.21. The Kier molecular flexibility index (Phi) is 5.91. The summed E-state index contributed by atoms with van der Waals surface area (Å²) in [6.45, 7) is 6.05. The van der Waals surface area contributed by atoms with E-state index in [1.165, 1.54) is 0 Å². The van der Waals surface area contributed by atoms with Crippen LogP contribution in [0.5, 0.6) is 0 Å². The summed E-state index contributed by atoms with van der Waals surface area (Å²) in [5, 5.41) is 9.45. The number of hydrogen-bond donors (Lipinski definition) is 1. The Hall–Kier alpha value is -0.410. The molecule has 0 aromatic carbocycles. The van der Waals surface area contributed by atoms with Crippen molar-refractivity contribution >= 4 is 6.29 Å². The average molecular weight is 188 g/mol. The zero-order valence-corrected chi connectivity index (χ0v) is 8.75. The largest absolute Gasteiger partial charge is 0.390 e. The lowest BCUT2D eigenvalue weighted by molar-refractivity contribution is -0.108. The SMILES string of the molecule is CC(CC(C)(C)O)OCCCC=O. The van der Waals surface area contributed by atoms with Gasteiger partial charge in [0.25, 0.3) is 0 Å². The highest BCUT2D eigenvalue weighted by atomic mass is 16.5. The maximum Gasteiger partial charge on any atom is 0.120 e. The van der Waals surface area contributed by atoms with Crippen LogP contribution in [0.3, 0.4) is 0 Å². The smallest absolute Gasteiger partial charge is 0.120 e. The van der Waals surface area contributed by atoms with Gasteiger partial charge in [-0.25, -0.2) is 0 Å². The minimum absolute atomic E-state index is 0.0478. The number of rotatable bonds is 7. The van der Waals surface area contributed by atoms with E-state index in [2.05, 4.69) is 0 Å². The van der Waals surface area contributed by atoms with Crippen LogP contribution in [0.15, 0.2) is 0 Å². The van der Waals surface area contributed by atoms with E-state index < -0.39 is 5.60 Å². The number of aliphatic hydroxyl groups is 1. The van der Waals surface area contributed by atoms with Gasteiger partial charge < -0.3 is 14.6 Å². The third kappa shape index (κ3) is 9.50. The molecule has 1 unspecified atom stereocenters. The van der Waals surface area contributed by atoms with Crippen LogP contribution in [0.1, 0.15) is 40.0 Å². The third-order valence-corrected chi connectivity index (χ3v) is 1.66. The molecule has 0 amide bonds. The van der Waals surface area contributed by atoms with Crippen molar-refractivity contribution in [3.05, 3.63) is 0 Å². The molecule has 0 heterocycles. The van der Waals surface area contributed by atoms with Gasteiger partial charge in [-0.1, -0.05) is 0 Å². The van der Waals surface area contributed by atoms with Gasteiger partial charge in [-0.15, -0.1) is 0 Å². The van der Waals surface area contributed by atoms with Crippen LogP contribution in [0.4, 0.5) is 0 Å². The molecule has 0 saturated heterocycles. The molecule has 3 nitrogen and oxygen atoms in total. The fraction of sp³-hybridized carbons (Fsp3) is 0.900. The van der Waals surface area contributed by atoms with Crippen LogP contribution in [0.25, 0.3) is 0 Å². The lowest BCUT2D eigenvalue weighted by Crippen LogP contribution is -2.26. The fourth-order valence-corrected chi connectivity index (χ4v) is 1.21. The van der Waals surface area contributed by atoms with E-state index in [1.807, 2.05) is 6.92 Å². The predicted molar refractivity (Wildman–Crippen MR) is 51.6 cm³/mol. The summed E-state index contributed by atoms with van der Waals surface area (Å²) in [6.07, 6.45) is 2.87. The highest BCUT2D eigenvalue weighted by Gasteiger charge is 2.17. The second-order valence-electron chi connectivity index (χ2n) is 4.01. The van der Waals surface area contributed by atoms with Gasteiger partial charge in [-0.05, 0) is 27.2 Å². The highest BCUT2D eigenvalue weighted by Crippen LogP contribution is 2.12. The van der Waals surface area contributed by atoms with E-state index in [0.29, 0.717) is 19.4 Å². The molecule has 3 heteroatoms. The first-order valence-electron chi connectivity index (χ1n) is 4.73. The van der Waals surface area contributed by atoms with E-state index in [1.54, 1.807) is 13.8 Å². The lowest BCUT2D eigenvalue weighted by atomic mass is 10.0. The third-order valence-electron chi connectivity index (χ3n) is 1.66. The summed E-state index contributed by atoms with van der Waals surface area (Å²) in [4.78, 5) is 9.98. The maximum absolute atomic E-state index is 9.98. The summed E-state index contributed by atoms with van der Waals surface area (Å²) in [5.41, 5.74) is -0.677. The van der Waals surface area contributed by atoms with Crippen LogP contribution in [0.2, 0.25) is 0 Å². The second-order valence-corrected chi connectivity index (χ2v) is 4.01. The number of carbonyl (C=O) groups is 1. The van der Waals surface area contributed by atoms with Crippen molar-refractivity contribution < 1.29 is 14.6 Å². The number of unbranched alkanes of at least 4 members (excludes halogenated alkanes) is 1. The minimum atomic E-state index is -0.677. The molecule has 0 aromatic heterocycles. The van der Waals surface area contributed by atoms with E-state index in [9.17, 15) is 9.90 Å². The van der Waals surface area contributed by atoms with Crippen LogP contribution < -0.4 is 0 Å². The average Bonchev–Trinajstić information content (AvgIpc) is 1.94. The zero-order valence-electron chi connectivity index (χ0n) is 8.75. The molecular formula is C10H20O3. The lowest BCUT2D eigenvalue weighted by Gasteiger charge is -2.22. The van der Waals surface area contributed by atoms with Gasteiger partial charge in [0.15, 0.2) is 0 Å². The van der Waals surface area contributed by atoms with Crippen molar-refractivity contribution in [2.45, 2.75) is 51.7 Å². The molecule has 1 atom stereocenters. The molecule has 0 aliphatic carbocycles. The summed E-state index contributed by atoms with van der Waals surface area (Å²) in [6, 6.07) is 0. The van der Waals surface area contributed by atoms with Crippen molar-refractivity contribution in [2.24, 2.45) is 0 Å². The molecule has 0 aliphatic heterocycles. The van der Waals surface area contributed by atoms with Crippen molar-refractivity contribution in [3.63, 3.8) is 0 Å². The molecule has 1 N–H and O–H groups in total. The normalized spacial score (nSPS) is 14.2. The number of ether oxygens (including phenoxy) is 1. The van der Waals surface area contributed by atoms with Crippen LogP contribution >= 0.6 is 0 Å². The first-order chi connectivity index (χ1) is 5.95. The summed E-state index contributed by atoms with van der Waals surface area (Å²) >= 11 is 0. The van der Waals surface area contributed by atoms with Gasteiger partial charge >= 0.3 is 0 Å². The van der Waals surface area contributed by atoms with Crippen molar-refractivity contribution in [1.29, 1.82) is 0 Å².